The molecule has 1 saturated heterocycles. The van der Waals surface area contributed by atoms with E-state index in [9.17, 15) is 9.59 Å². The van der Waals surface area contributed by atoms with Crippen molar-refractivity contribution in [2.24, 2.45) is 0 Å². The van der Waals surface area contributed by atoms with Crippen LogP contribution in [-0.2, 0) is 4.79 Å². The van der Waals surface area contributed by atoms with Crippen LogP contribution in [0, 0.1) is 0 Å². The summed E-state index contributed by atoms with van der Waals surface area (Å²) in [6.07, 6.45) is 0. The Morgan fingerprint density at radius 3 is 2.35 bits per heavy atom. The molecule has 1 fully saturated rings. The largest absolute Gasteiger partial charge is 0.497 e. The van der Waals surface area contributed by atoms with E-state index >= 15 is 0 Å². The Kier molecular flexibility index (Phi) is 7.27. The fraction of sp³-hybridized carbons (Fsp3) is 0.231. The van der Waals surface area contributed by atoms with Crippen LogP contribution >= 0.6 is 11.8 Å². The highest BCUT2D eigenvalue weighted by Crippen LogP contribution is 2.42. The Balaban J connectivity index is 1.55. The van der Waals surface area contributed by atoms with Crippen LogP contribution in [0.2, 0.25) is 0 Å². The second-order valence-electron chi connectivity index (χ2n) is 7.53. The Hall–Kier alpha value is -3.65. The first-order valence-corrected chi connectivity index (χ1v) is 11.9. The molecule has 34 heavy (non-hydrogen) atoms. The lowest BCUT2D eigenvalue weighted by atomic mass is 10.1. The van der Waals surface area contributed by atoms with Crippen molar-refractivity contribution in [3.63, 3.8) is 0 Å². The van der Waals surface area contributed by atoms with Crippen molar-refractivity contribution < 1.29 is 23.8 Å². The van der Waals surface area contributed by atoms with Crippen molar-refractivity contribution in [3.8, 4) is 17.2 Å². The number of carbonyl (C=O) groups excluding carboxylic acids is 2. The van der Waals surface area contributed by atoms with Crippen LogP contribution in [0.3, 0.4) is 0 Å². The summed E-state index contributed by atoms with van der Waals surface area (Å²) in [5.74, 6) is 1.97. The number of benzene rings is 3. The SMILES string of the molecule is CCOc1ccc(N2C(=O)CSC2c2cccc(NC(=O)c3cc(OC)cc(OC)c3)c2)cc1. The van der Waals surface area contributed by atoms with Gasteiger partial charge in [-0.25, -0.2) is 0 Å². The molecule has 3 aromatic carbocycles. The van der Waals surface area contributed by atoms with Crippen LogP contribution in [0.4, 0.5) is 11.4 Å². The normalized spacial score (nSPS) is 15.2. The fourth-order valence-corrected chi connectivity index (χ4v) is 4.90. The van der Waals surface area contributed by atoms with Crippen LogP contribution in [0.1, 0.15) is 28.2 Å². The van der Waals surface area contributed by atoms with Crippen molar-refractivity contribution in [2.75, 3.05) is 36.8 Å². The number of hydrogen-bond acceptors (Lipinski definition) is 6. The lowest BCUT2D eigenvalue weighted by Gasteiger charge is -2.25. The van der Waals surface area contributed by atoms with Gasteiger partial charge in [0.05, 0.1) is 26.6 Å². The zero-order valence-electron chi connectivity index (χ0n) is 19.2. The van der Waals surface area contributed by atoms with Gasteiger partial charge in [0.1, 0.15) is 22.6 Å². The molecule has 1 aliphatic heterocycles. The number of amides is 2. The molecule has 8 heteroatoms. The Morgan fingerprint density at radius 1 is 1.00 bits per heavy atom. The first-order valence-electron chi connectivity index (χ1n) is 10.8. The molecule has 0 aliphatic carbocycles. The van der Waals surface area contributed by atoms with Crippen LogP contribution in [0.25, 0.3) is 0 Å². The van der Waals surface area contributed by atoms with Crippen molar-refractivity contribution in [3.05, 3.63) is 77.9 Å². The summed E-state index contributed by atoms with van der Waals surface area (Å²) in [4.78, 5) is 27.4. The number of ether oxygens (including phenoxy) is 3. The smallest absolute Gasteiger partial charge is 0.255 e. The Morgan fingerprint density at radius 2 is 1.71 bits per heavy atom. The van der Waals surface area contributed by atoms with Crippen molar-refractivity contribution in [1.82, 2.24) is 0 Å². The van der Waals surface area contributed by atoms with E-state index in [4.69, 9.17) is 14.2 Å². The molecule has 4 rings (SSSR count). The van der Waals surface area contributed by atoms with Gasteiger partial charge in [-0.2, -0.15) is 0 Å². The first kappa shape index (κ1) is 23.5. The molecular formula is C26H26N2O5S. The molecule has 3 aromatic rings. The molecule has 1 aliphatic rings. The molecule has 2 amide bonds. The van der Waals surface area contributed by atoms with Crippen molar-refractivity contribution >= 4 is 35.0 Å². The number of methoxy groups -OCH3 is 2. The Bertz CT molecular complexity index is 1160. The maximum atomic E-state index is 12.9. The minimum absolute atomic E-state index is 0.0390. The van der Waals surface area contributed by atoms with E-state index in [0.717, 1.165) is 17.0 Å². The summed E-state index contributed by atoms with van der Waals surface area (Å²) in [6.45, 7) is 2.52. The van der Waals surface area contributed by atoms with Crippen LogP contribution in [0.15, 0.2) is 66.7 Å². The predicted octanol–water partition coefficient (Wildman–Crippen LogP) is 5.13. The molecule has 0 radical (unpaired) electrons. The van der Waals surface area contributed by atoms with E-state index in [-0.39, 0.29) is 17.2 Å². The van der Waals surface area contributed by atoms with E-state index in [0.29, 0.717) is 35.1 Å². The third-order valence-electron chi connectivity index (χ3n) is 5.34. The third kappa shape index (κ3) is 5.12. The zero-order valence-corrected chi connectivity index (χ0v) is 20.1. The number of carbonyl (C=O) groups is 2. The van der Waals surface area contributed by atoms with Crippen LogP contribution in [0.5, 0.6) is 17.2 Å². The van der Waals surface area contributed by atoms with E-state index in [1.165, 1.54) is 14.2 Å². The summed E-state index contributed by atoms with van der Waals surface area (Å²) in [6, 6.07) is 20.1. The van der Waals surface area contributed by atoms with Gasteiger partial charge in [-0.05, 0) is 61.0 Å². The van der Waals surface area contributed by atoms with E-state index in [2.05, 4.69) is 5.32 Å². The minimum Gasteiger partial charge on any atom is -0.497 e. The number of thioether (sulfide) groups is 1. The molecule has 1 atom stereocenters. The van der Waals surface area contributed by atoms with Gasteiger partial charge in [-0.3, -0.25) is 14.5 Å². The van der Waals surface area contributed by atoms with Crippen LogP contribution in [-0.4, -0.2) is 38.4 Å². The molecular weight excluding hydrogens is 452 g/mol. The lowest BCUT2D eigenvalue weighted by molar-refractivity contribution is -0.115. The maximum Gasteiger partial charge on any atom is 0.255 e. The second-order valence-corrected chi connectivity index (χ2v) is 8.60. The summed E-state index contributed by atoms with van der Waals surface area (Å²) >= 11 is 1.55. The monoisotopic (exact) mass is 478 g/mol. The van der Waals surface area contributed by atoms with Gasteiger partial charge >= 0.3 is 0 Å². The average molecular weight is 479 g/mol. The molecule has 0 saturated carbocycles. The van der Waals surface area contributed by atoms with Crippen molar-refractivity contribution in [1.29, 1.82) is 0 Å². The molecule has 176 valence electrons. The van der Waals surface area contributed by atoms with Gasteiger partial charge in [0.25, 0.3) is 5.91 Å². The van der Waals surface area contributed by atoms with E-state index in [1.54, 1.807) is 34.9 Å². The molecule has 0 aromatic heterocycles. The number of hydrogen-bond donors (Lipinski definition) is 1. The minimum atomic E-state index is -0.284. The predicted molar refractivity (Wildman–Crippen MR) is 134 cm³/mol. The number of rotatable bonds is 8. The number of nitrogens with zero attached hydrogens (tertiary/aromatic N) is 1. The third-order valence-corrected chi connectivity index (χ3v) is 6.55. The lowest BCUT2D eigenvalue weighted by Crippen LogP contribution is -2.27. The summed E-state index contributed by atoms with van der Waals surface area (Å²) in [7, 11) is 3.08. The summed E-state index contributed by atoms with van der Waals surface area (Å²) in [5, 5.41) is 2.74. The van der Waals surface area contributed by atoms with Gasteiger partial charge in [0, 0.05) is 23.0 Å². The zero-order chi connectivity index (χ0) is 24.1. The molecule has 1 unspecified atom stereocenters. The standard InChI is InChI=1S/C26H26N2O5S/c1-4-33-21-10-8-20(9-11-21)28-24(29)16-34-26(28)17-6-5-7-19(12-17)27-25(30)18-13-22(31-2)15-23(14-18)32-3/h5-15,26H,4,16H2,1-3H3,(H,27,30). The molecule has 0 bridgehead atoms. The van der Waals surface area contributed by atoms with Crippen LogP contribution < -0.4 is 24.4 Å². The van der Waals surface area contributed by atoms with Crippen molar-refractivity contribution in [2.45, 2.75) is 12.3 Å². The van der Waals surface area contributed by atoms with Gasteiger partial charge in [0.2, 0.25) is 5.91 Å². The topological polar surface area (TPSA) is 77.1 Å². The van der Waals surface area contributed by atoms with Gasteiger partial charge in [0.15, 0.2) is 0 Å². The Labute approximate surface area is 203 Å². The maximum absolute atomic E-state index is 12.9. The highest BCUT2D eigenvalue weighted by molar-refractivity contribution is 8.00. The molecule has 1 heterocycles. The second kappa shape index (κ2) is 10.5. The number of nitrogens with one attached hydrogen (secondary N) is 1. The highest BCUT2D eigenvalue weighted by Gasteiger charge is 2.34. The summed E-state index contributed by atoms with van der Waals surface area (Å²) < 4.78 is 16.0. The van der Waals surface area contributed by atoms with E-state index < -0.39 is 0 Å². The molecule has 7 nitrogen and oxygen atoms in total. The summed E-state index contributed by atoms with van der Waals surface area (Å²) in [5.41, 5.74) is 2.78. The highest BCUT2D eigenvalue weighted by atomic mass is 32.2. The first-order chi connectivity index (χ1) is 16.5. The average Bonchev–Trinajstić information content (AvgIpc) is 3.25. The quantitative estimate of drug-likeness (QED) is 0.484. The van der Waals surface area contributed by atoms with Gasteiger partial charge < -0.3 is 19.5 Å². The fourth-order valence-electron chi connectivity index (χ4n) is 3.73. The number of anilines is 2. The van der Waals surface area contributed by atoms with Gasteiger partial charge in [-0.15, -0.1) is 11.8 Å². The molecule has 0 spiro atoms. The van der Waals surface area contributed by atoms with Gasteiger partial charge in [-0.1, -0.05) is 12.1 Å². The van der Waals surface area contributed by atoms with E-state index in [1.807, 2.05) is 55.5 Å². The molecule has 1 N–H and O–H groups in total.